The molecule has 0 unspecified atom stereocenters. The van der Waals surface area contributed by atoms with Crippen LogP contribution >= 0.6 is 15.9 Å². The molecule has 0 amide bonds. The van der Waals surface area contributed by atoms with Crippen LogP contribution < -0.4 is 4.74 Å². The van der Waals surface area contributed by atoms with E-state index in [0.29, 0.717) is 11.1 Å². The Morgan fingerprint density at radius 3 is 2.45 bits per heavy atom. The molecule has 2 aromatic rings. The Balaban J connectivity index is 2.12. The summed E-state index contributed by atoms with van der Waals surface area (Å²) in [6, 6.07) is 13.9. The first-order valence-electron chi connectivity index (χ1n) is 6.71. The molecular formula is C17H15BrO4. The van der Waals surface area contributed by atoms with Crippen LogP contribution in [0.1, 0.15) is 21.5 Å². The lowest BCUT2D eigenvalue weighted by Gasteiger charge is -2.10. The Bertz CT molecular complexity index is 668. The van der Waals surface area contributed by atoms with Crippen LogP contribution in [-0.2, 0) is 17.8 Å². The van der Waals surface area contributed by atoms with E-state index in [1.54, 1.807) is 6.07 Å². The maximum Gasteiger partial charge on any atom is 0.315 e. The van der Waals surface area contributed by atoms with Crippen molar-refractivity contribution in [2.75, 3.05) is 5.33 Å². The lowest BCUT2D eigenvalue weighted by Crippen LogP contribution is -2.13. The highest BCUT2D eigenvalue weighted by Gasteiger charge is 2.13. The molecular weight excluding hydrogens is 348 g/mol. The maximum absolute atomic E-state index is 11.9. The van der Waals surface area contributed by atoms with Crippen molar-refractivity contribution in [3.05, 3.63) is 65.2 Å². The number of carbonyl (C=O) groups excluding carboxylic acids is 2. The fourth-order valence-electron chi connectivity index (χ4n) is 1.97. The number of carbonyl (C=O) groups is 2. The van der Waals surface area contributed by atoms with E-state index in [1.807, 2.05) is 30.3 Å². The minimum absolute atomic E-state index is 0.100. The summed E-state index contributed by atoms with van der Waals surface area (Å²) in [5.74, 6) is -0.244. The molecule has 0 saturated carbocycles. The summed E-state index contributed by atoms with van der Waals surface area (Å²) < 4.78 is 5.29. The van der Waals surface area contributed by atoms with E-state index in [4.69, 9.17) is 4.74 Å². The summed E-state index contributed by atoms with van der Waals surface area (Å²) >= 11 is 3.10. The van der Waals surface area contributed by atoms with Crippen molar-refractivity contribution in [2.24, 2.45) is 0 Å². The summed E-state index contributed by atoms with van der Waals surface area (Å²) in [4.78, 5) is 23.6. The second-order valence-electron chi connectivity index (χ2n) is 4.67. The van der Waals surface area contributed by atoms with Gasteiger partial charge in [-0.25, -0.2) is 0 Å². The van der Waals surface area contributed by atoms with Gasteiger partial charge < -0.3 is 9.84 Å². The third-order valence-electron chi connectivity index (χ3n) is 3.09. The van der Waals surface area contributed by atoms with Crippen LogP contribution in [0.2, 0.25) is 0 Å². The molecule has 4 nitrogen and oxygen atoms in total. The number of halogens is 1. The van der Waals surface area contributed by atoms with Gasteiger partial charge in [-0.1, -0.05) is 46.3 Å². The highest BCUT2D eigenvalue weighted by molar-refractivity contribution is 9.09. The first-order valence-corrected chi connectivity index (χ1v) is 7.83. The van der Waals surface area contributed by atoms with Crippen LogP contribution in [0.3, 0.4) is 0 Å². The van der Waals surface area contributed by atoms with Gasteiger partial charge in [0.15, 0.2) is 5.78 Å². The number of ether oxygens (including phenoxy) is 1. The van der Waals surface area contributed by atoms with Crippen LogP contribution in [0.25, 0.3) is 0 Å². The predicted octanol–water partition coefficient (Wildman–Crippen LogP) is 2.90. The number of hydrogen-bond acceptors (Lipinski definition) is 4. The summed E-state index contributed by atoms with van der Waals surface area (Å²) in [6.07, 6.45) is 0.147. The summed E-state index contributed by atoms with van der Waals surface area (Å²) in [6.45, 7) is -0.308. The van der Waals surface area contributed by atoms with Crippen molar-refractivity contribution in [1.29, 1.82) is 0 Å². The molecule has 2 rings (SSSR count). The number of rotatable bonds is 6. The van der Waals surface area contributed by atoms with Gasteiger partial charge in [-0.3, -0.25) is 9.59 Å². The van der Waals surface area contributed by atoms with Crippen molar-refractivity contribution < 1.29 is 19.4 Å². The summed E-state index contributed by atoms with van der Waals surface area (Å²) in [7, 11) is 0. The standard InChI is InChI=1S/C17H15BrO4/c18-10-15(20)13-6-7-16(14(9-13)11-19)22-17(21)8-12-4-2-1-3-5-12/h1-7,9,19H,8,10-11H2. The third-order valence-corrected chi connectivity index (χ3v) is 3.60. The number of ketones is 1. The van der Waals surface area contributed by atoms with Crippen molar-refractivity contribution in [2.45, 2.75) is 13.0 Å². The van der Waals surface area contributed by atoms with Gasteiger partial charge in [0.2, 0.25) is 0 Å². The zero-order valence-electron chi connectivity index (χ0n) is 11.8. The minimum Gasteiger partial charge on any atom is -0.426 e. The molecule has 0 aliphatic rings. The number of aliphatic hydroxyl groups excluding tert-OH is 1. The molecule has 5 heteroatoms. The van der Waals surface area contributed by atoms with Crippen molar-refractivity contribution in [3.63, 3.8) is 0 Å². The lowest BCUT2D eigenvalue weighted by atomic mass is 10.1. The Labute approximate surface area is 136 Å². The van der Waals surface area contributed by atoms with Crippen LogP contribution in [0.4, 0.5) is 0 Å². The molecule has 1 N–H and O–H groups in total. The molecule has 114 valence electrons. The Morgan fingerprint density at radius 1 is 1.09 bits per heavy atom. The molecule has 0 spiro atoms. The van der Waals surface area contributed by atoms with Gasteiger partial charge in [0.1, 0.15) is 5.75 Å². The number of benzene rings is 2. The number of hydrogen-bond donors (Lipinski definition) is 1. The lowest BCUT2D eigenvalue weighted by molar-refractivity contribution is -0.133. The first-order chi connectivity index (χ1) is 10.6. The van der Waals surface area contributed by atoms with Gasteiger partial charge in [-0.2, -0.15) is 0 Å². The molecule has 0 saturated heterocycles. The Morgan fingerprint density at radius 2 is 1.82 bits per heavy atom. The zero-order valence-corrected chi connectivity index (χ0v) is 13.4. The second kappa shape index (κ2) is 7.87. The van der Waals surface area contributed by atoms with E-state index in [0.717, 1.165) is 5.56 Å². The zero-order chi connectivity index (χ0) is 15.9. The number of aliphatic hydroxyl groups is 1. The largest absolute Gasteiger partial charge is 0.426 e. The molecule has 0 bridgehead atoms. The predicted molar refractivity (Wildman–Crippen MR) is 86.3 cm³/mol. The topological polar surface area (TPSA) is 63.6 Å². The average molecular weight is 363 g/mol. The molecule has 0 atom stereocenters. The van der Waals surface area contributed by atoms with E-state index >= 15 is 0 Å². The fourth-order valence-corrected chi connectivity index (χ4v) is 2.30. The molecule has 0 fully saturated rings. The molecule has 22 heavy (non-hydrogen) atoms. The normalized spacial score (nSPS) is 10.3. The van der Waals surface area contributed by atoms with Gasteiger partial charge >= 0.3 is 5.97 Å². The molecule has 2 aromatic carbocycles. The van der Waals surface area contributed by atoms with Crippen LogP contribution in [0.15, 0.2) is 48.5 Å². The molecule has 0 aromatic heterocycles. The van der Waals surface area contributed by atoms with Crippen LogP contribution in [0.5, 0.6) is 5.75 Å². The van der Waals surface area contributed by atoms with E-state index in [-0.39, 0.29) is 29.9 Å². The maximum atomic E-state index is 11.9. The number of alkyl halides is 1. The highest BCUT2D eigenvalue weighted by atomic mass is 79.9. The van der Waals surface area contributed by atoms with Gasteiger partial charge in [0.25, 0.3) is 0 Å². The molecule has 0 heterocycles. The van der Waals surface area contributed by atoms with Gasteiger partial charge in [-0.15, -0.1) is 0 Å². The monoisotopic (exact) mass is 362 g/mol. The third kappa shape index (κ3) is 4.26. The van der Waals surface area contributed by atoms with Crippen LogP contribution in [0, 0.1) is 0 Å². The average Bonchev–Trinajstić information content (AvgIpc) is 2.55. The van der Waals surface area contributed by atoms with Gasteiger partial charge in [0.05, 0.1) is 18.4 Å². The molecule has 0 aliphatic heterocycles. The van der Waals surface area contributed by atoms with E-state index in [9.17, 15) is 14.7 Å². The second-order valence-corrected chi connectivity index (χ2v) is 5.23. The first kappa shape index (κ1) is 16.4. The number of Topliss-reactive ketones (excluding diaryl/α,β-unsaturated/α-hetero) is 1. The van der Waals surface area contributed by atoms with E-state index in [2.05, 4.69) is 15.9 Å². The summed E-state index contributed by atoms with van der Waals surface area (Å²) in [5.41, 5.74) is 1.72. The van der Waals surface area contributed by atoms with Gasteiger partial charge in [0, 0.05) is 11.1 Å². The van der Waals surface area contributed by atoms with E-state index < -0.39 is 5.97 Å². The highest BCUT2D eigenvalue weighted by Crippen LogP contribution is 2.21. The quantitative estimate of drug-likeness (QED) is 0.371. The smallest absolute Gasteiger partial charge is 0.315 e. The van der Waals surface area contributed by atoms with Crippen molar-refractivity contribution >= 4 is 27.7 Å². The van der Waals surface area contributed by atoms with Crippen molar-refractivity contribution in [1.82, 2.24) is 0 Å². The Hall–Kier alpha value is -1.98. The minimum atomic E-state index is -0.416. The molecule has 0 aliphatic carbocycles. The van der Waals surface area contributed by atoms with Crippen molar-refractivity contribution in [3.8, 4) is 5.75 Å². The van der Waals surface area contributed by atoms with Crippen LogP contribution in [-0.4, -0.2) is 22.2 Å². The Kier molecular flexibility index (Phi) is 5.86. The fraction of sp³-hybridized carbons (Fsp3) is 0.176. The van der Waals surface area contributed by atoms with Gasteiger partial charge in [-0.05, 0) is 23.8 Å². The van der Waals surface area contributed by atoms with E-state index in [1.165, 1.54) is 12.1 Å². The number of esters is 1. The molecule has 0 radical (unpaired) electrons. The SMILES string of the molecule is O=C(Cc1ccccc1)Oc1ccc(C(=O)CBr)cc1CO. The summed E-state index contributed by atoms with van der Waals surface area (Å²) in [5, 5.41) is 9.59.